The van der Waals surface area contributed by atoms with Gasteiger partial charge in [0.25, 0.3) is 0 Å². The molecular weight excluding hydrogens is 246 g/mol. The predicted octanol–water partition coefficient (Wildman–Crippen LogP) is 1.02. The summed E-state index contributed by atoms with van der Waals surface area (Å²) in [4.78, 5) is 10.8. The highest BCUT2D eigenvalue weighted by molar-refractivity contribution is 5.87. The minimum atomic E-state index is -0.921. The molecule has 1 fully saturated rings. The number of benzene rings is 1. The van der Waals surface area contributed by atoms with Gasteiger partial charge in [-0.1, -0.05) is 12.1 Å². The molecule has 5 heteroatoms. The summed E-state index contributed by atoms with van der Waals surface area (Å²) < 4.78 is 5.30. The SMILES string of the molecule is O=C(O)c1ccc(CNC2(CO)CCOCC2)cc1. The molecule has 5 nitrogen and oxygen atoms in total. The smallest absolute Gasteiger partial charge is 0.335 e. The molecule has 1 aromatic rings. The fourth-order valence-electron chi connectivity index (χ4n) is 2.21. The molecule has 0 spiro atoms. The summed E-state index contributed by atoms with van der Waals surface area (Å²) in [5.74, 6) is -0.921. The summed E-state index contributed by atoms with van der Waals surface area (Å²) in [6.07, 6.45) is 1.58. The second-order valence-corrected chi connectivity index (χ2v) is 4.91. The number of carboxylic acids is 1. The predicted molar refractivity (Wildman–Crippen MR) is 70.1 cm³/mol. The largest absolute Gasteiger partial charge is 0.478 e. The van der Waals surface area contributed by atoms with Crippen molar-refractivity contribution in [2.45, 2.75) is 24.9 Å². The van der Waals surface area contributed by atoms with Gasteiger partial charge in [0.05, 0.1) is 12.2 Å². The number of aliphatic hydroxyl groups excluding tert-OH is 1. The molecule has 0 atom stereocenters. The van der Waals surface area contributed by atoms with E-state index >= 15 is 0 Å². The van der Waals surface area contributed by atoms with Crippen LogP contribution in [-0.2, 0) is 11.3 Å². The number of hydrogen-bond acceptors (Lipinski definition) is 4. The third-order valence-electron chi connectivity index (χ3n) is 3.62. The normalized spacial score (nSPS) is 18.2. The van der Waals surface area contributed by atoms with Gasteiger partial charge in [-0.05, 0) is 30.5 Å². The average Bonchev–Trinajstić information content (AvgIpc) is 2.46. The van der Waals surface area contributed by atoms with Crippen LogP contribution in [0.15, 0.2) is 24.3 Å². The highest BCUT2D eigenvalue weighted by Gasteiger charge is 2.31. The number of aromatic carboxylic acids is 1. The van der Waals surface area contributed by atoms with E-state index in [0.29, 0.717) is 19.8 Å². The molecule has 104 valence electrons. The first kappa shape index (κ1) is 14.0. The topological polar surface area (TPSA) is 78.8 Å². The minimum absolute atomic E-state index is 0.0869. The van der Waals surface area contributed by atoms with Crippen molar-refractivity contribution in [1.29, 1.82) is 0 Å². The van der Waals surface area contributed by atoms with Crippen LogP contribution < -0.4 is 5.32 Å². The van der Waals surface area contributed by atoms with Gasteiger partial charge >= 0.3 is 5.97 Å². The van der Waals surface area contributed by atoms with E-state index in [-0.39, 0.29) is 17.7 Å². The maximum absolute atomic E-state index is 10.8. The Kier molecular flexibility index (Phi) is 4.52. The molecule has 3 N–H and O–H groups in total. The van der Waals surface area contributed by atoms with Crippen LogP contribution in [0.4, 0.5) is 0 Å². The first-order valence-corrected chi connectivity index (χ1v) is 6.41. The zero-order chi connectivity index (χ0) is 13.7. The lowest BCUT2D eigenvalue weighted by molar-refractivity contribution is 0.0111. The van der Waals surface area contributed by atoms with Crippen LogP contribution in [-0.4, -0.2) is 41.5 Å². The Labute approximate surface area is 112 Å². The third-order valence-corrected chi connectivity index (χ3v) is 3.62. The number of hydrogen-bond donors (Lipinski definition) is 3. The van der Waals surface area contributed by atoms with Gasteiger partial charge in [-0.25, -0.2) is 4.79 Å². The summed E-state index contributed by atoms with van der Waals surface area (Å²) >= 11 is 0. The molecule has 0 saturated carbocycles. The molecule has 0 bridgehead atoms. The summed E-state index contributed by atoms with van der Waals surface area (Å²) in [6, 6.07) is 6.77. The highest BCUT2D eigenvalue weighted by atomic mass is 16.5. The minimum Gasteiger partial charge on any atom is -0.478 e. The summed E-state index contributed by atoms with van der Waals surface area (Å²) in [6.45, 7) is 2.01. The first-order valence-electron chi connectivity index (χ1n) is 6.41. The summed E-state index contributed by atoms with van der Waals surface area (Å²) in [5, 5.41) is 21.7. The van der Waals surface area contributed by atoms with Crippen molar-refractivity contribution < 1.29 is 19.7 Å². The van der Waals surface area contributed by atoms with E-state index in [1.807, 2.05) is 0 Å². The Bertz CT molecular complexity index is 424. The molecular formula is C14H19NO4. The van der Waals surface area contributed by atoms with Crippen molar-refractivity contribution in [3.63, 3.8) is 0 Å². The molecule has 1 saturated heterocycles. The first-order chi connectivity index (χ1) is 9.15. The molecule has 1 heterocycles. The maximum atomic E-state index is 10.8. The third kappa shape index (κ3) is 3.53. The molecule has 1 aliphatic heterocycles. The van der Waals surface area contributed by atoms with E-state index in [0.717, 1.165) is 18.4 Å². The van der Waals surface area contributed by atoms with Crippen LogP contribution in [0.5, 0.6) is 0 Å². The highest BCUT2D eigenvalue weighted by Crippen LogP contribution is 2.20. The molecule has 1 aliphatic rings. The van der Waals surface area contributed by atoms with E-state index < -0.39 is 5.97 Å². The number of aliphatic hydroxyl groups is 1. The lowest BCUT2D eigenvalue weighted by Crippen LogP contribution is -2.51. The van der Waals surface area contributed by atoms with Crippen LogP contribution in [0.3, 0.4) is 0 Å². The molecule has 0 amide bonds. The van der Waals surface area contributed by atoms with E-state index in [2.05, 4.69) is 5.32 Å². The van der Waals surface area contributed by atoms with Gasteiger partial charge in [-0.2, -0.15) is 0 Å². The number of carboxylic acid groups (broad SMARTS) is 1. The van der Waals surface area contributed by atoms with Gasteiger partial charge in [-0.15, -0.1) is 0 Å². The van der Waals surface area contributed by atoms with Crippen LogP contribution in [0, 0.1) is 0 Å². The van der Waals surface area contributed by atoms with Crippen molar-refractivity contribution in [3.8, 4) is 0 Å². The summed E-state index contributed by atoms with van der Waals surface area (Å²) in [5.41, 5.74) is 1.01. The average molecular weight is 265 g/mol. The molecule has 2 rings (SSSR count). The van der Waals surface area contributed by atoms with E-state index in [4.69, 9.17) is 9.84 Å². The second kappa shape index (κ2) is 6.14. The zero-order valence-electron chi connectivity index (χ0n) is 10.8. The molecule has 0 radical (unpaired) electrons. The Hall–Kier alpha value is -1.43. The van der Waals surface area contributed by atoms with Gasteiger partial charge in [0.15, 0.2) is 0 Å². The Morgan fingerprint density at radius 2 is 1.89 bits per heavy atom. The Balaban J connectivity index is 1.95. The number of rotatable bonds is 5. The van der Waals surface area contributed by atoms with Gasteiger partial charge in [0.2, 0.25) is 0 Å². The van der Waals surface area contributed by atoms with Crippen molar-refractivity contribution >= 4 is 5.97 Å². The number of nitrogens with one attached hydrogen (secondary N) is 1. The monoisotopic (exact) mass is 265 g/mol. The van der Waals surface area contributed by atoms with E-state index in [1.165, 1.54) is 0 Å². The van der Waals surface area contributed by atoms with E-state index in [9.17, 15) is 9.90 Å². The molecule has 19 heavy (non-hydrogen) atoms. The van der Waals surface area contributed by atoms with Crippen molar-refractivity contribution in [1.82, 2.24) is 5.32 Å². The van der Waals surface area contributed by atoms with Gasteiger partial charge < -0.3 is 20.3 Å². The van der Waals surface area contributed by atoms with Crippen LogP contribution in [0.2, 0.25) is 0 Å². The molecule has 0 aromatic heterocycles. The lowest BCUT2D eigenvalue weighted by atomic mass is 9.90. The Morgan fingerprint density at radius 3 is 2.42 bits per heavy atom. The van der Waals surface area contributed by atoms with Crippen LogP contribution in [0.1, 0.15) is 28.8 Å². The van der Waals surface area contributed by atoms with Crippen molar-refractivity contribution in [3.05, 3.63) is 35.4 Å². The van der Waals surface area contributed by atoms with Crippen molar-refractivity contribution in [2.24, 2.45) is 0 Å². The quantitative estimate of drug-likeness (QED) is 0.740. The fraction of sp³-hybridized carbons (Fsp3) is 0.500. The lowest BCUT2D eigenvalue weighted by Gasteiger charge is -2.36. The van der Waals surface area contributed by atoms with Gasteiger partial charge in [0.1, 0.15) is 0 Å². The van der Waals surface area contributed by atoms with E-state index in [1.54, 1.807) is 24.3 Å². The zero-order valence-corrected chi connectivity index (χ0v) is 10.8. The number of carbonyl (C=O) groups is 1. The molecule has 1 aromatic carbocycles. The van der Waals surface area contributed by atoms with Gasteiger partial charge in [-0.3, -0.25) is 0 Å². The fourth-order valence-corrected chi connectivity index (χ4v) is 2.21. The van der Waals surface area contributed by atoms with Crippen molar-refractivity contribution in [2.75, 3.05) is 19.8 Å². The standard InChI is InChI=1S/C14H19NO4/c16-10-14(5-7-19-8-6-14)15-9-11-1-3-12(4-2-11)13(17)18/h1-4,15-16H,5-10H2,(H,17,18). The maximum Gasteiger partial charge on any atom is 0.335 e. The second-order valence-electron chi connectivity index (χ2n) is 4.91. The Morgan fingerprint density at radius 1 is 1.26 bits per heavy atom. The van der Waals surface area contributed by atoms with Gasteiger partial charge in [0, 0.05) is 25.3 Å². The van der Waals surface area contributed by atoms with Crippen LogP contribution in [0.25, 0.3) is 0 Å². The summed E-state index contributed by atoms with van der Waals surface area (Å²) in [7, 11) is 0. The molecule has 0 aliphatic carbocycles. The number of ether oxygens (including phenoxy) is 1. The molecule has 0 unspecified atom stereocenters. The van der Waals surface area contributed by atoms with Crippen LogP contribution >= 0.6 is 0 Å².